The first-order valence-corrected chi connectivity index (χ1v) is 10.5. The molecule has 0 spiro atoms. The Hall–Kier alpha value is -1.84. The smallest absolute Gasteiger partial charge is 1.00 e. The molecule has 0 aliphatic rings. The molecule has 0 aliphatic heterocycles. The summed E-state index contributed by atoms with van der Waals surface area (Å²) >= 11 is 0. The molecule has 0 aromatic heterocycles. The molecule has 3 aromatic rings. The summed E-state index contributed by atoms with van der Waals surface area (Å²) < 4.78 is 5.82. The molecule has 0 bridgehead atoms. The molecular weight excluding hydrogens is 370 g/mol. The molecule has 1 atom stereocenters. The van der Waals surface area contributed by atoms with Crippen LogP contribution in [0.4, 0.5) is 0 Å². The van der Waals surface area contributed by atoms with Crippen LogP contribution < -0.4 is 28.9 Å². The predicted octanol–water partition coefficient (Wildman–Crippen LogP) is 3.65. The van der Waals surface area contributed by atoms with Crippen LogP contribution in [0.3, 0.4) is 0 Å². The molecule has 0 radical (unpaired) electrons. The second-order valence-corrected chi connectivity index (χ2v) is 9.41. The minimum atomic E-state index is 0. The zero-order valence-electron chi connectivity index (χ0n) is 19.2. The standard InChI is InChI=1S/C25H27O2P.Li.H/c1-17-15-19(25(3,4)5)16-18(2)23(17)24(26)28-22-13-11-21(12-14-22)27-20-9-7-6-8-10-20;;/h6-16,28H,1-5H3;;/q;+1;-1. The molecule has 0 fully saturated rings. The van der Waals surface area contributed by atoms with E-state index >= 15 is 0 Å². The summed E-state index contributed by atoms with van der Waals surface area (Å²) in [6.45, 7) is 10.7. The number of hydrogen-bond donors (Lipinski definition) is 0. The maximum absolute atomic E-state index is 13.0. The molecule has 3 rings (SSSR count). The van der Waals surface area contributed by atoms with Gasteiger partial charge in [0.05, 0.1) is 0 Å². The number of para-hydroxylation sites is 1. The third-order valence-electron chi connectivity index (χ3n) is 4.72. The van der Waals surface area contributed by atoms with E-state index < -0.39 is 0 Å². The van der Waals surface area contributed by atoms with Crippen molar-refractivity contribution in [1.29, 1.82) is 0 Å². The van der Waals surface area contributed by atoms with Gasteiger partial charge < -0.3 is 6.16 Å². The van der Waals surface area contributed by atoms with Crippen LogP contribution in [-0.2, 0) is 5.41 Å². The van der Waals surface area contributed by atoms with E-state index in [0.717, 1.165) is 33.5 Å². The van der Waals surface area contributed by atoms with E-state index in [1.54, 1.807) is 0 Å². The van der Waals surface area contributed by atoms with Crippen LogP contribution in [0.2, 0.25) is 0 Å². The minimum Gasteiger partial charge on any atom is -1.00 e. The fourth-order valence-corrected chi connectivity index (χ4v) is 4.29. The fraction of sp³-hybridized carbons (Fsp3) is 0.240. The van der Waals surface area contributed by atoms with Crippen molar-refractivity contribution in [3.8, 4) is 11.5 Å². The van der Waals surface area contributed by atoms with E-state index in [1.165, 1.54) is 5.56 Å². The van der Waals surface area contributed by atoms with Crippen molar-refractivity contribution in [2.45, 2.75) is 40.0 Å². The maximum Gasteiger partial charge on any atom is 1.00 e. The van der Waals surface area contributed by atoms with Crippen LogP contribution in [0.15, 0.2) is 66.7 Å². The zero-order valence-corrected chi connectivity index (χ0v) is 19.2. The molecule has 0 saturated carbocycles. The fourth-order valence-electron chi connectivity index (χ4n) is 3.18. The van der Waals surface area contributed by atoms with Crippen molar-refractivity contribution in [2.24, 2.45) is 0 Å². The SMILES string of the molecule is Cc1cc(C(C)(C)C)cc(C)c1C(=O)Pc1ccc(Oc2ccccc2)cc1.[H-].[Li+]. The van der Waals surface area contributed by atoms with Crippen LogP contribution in [-0.4, -0.2) is 5.52 Å². The van der Waals surface area contributed by atoms with Crippen molar-refractivity contribution < 1.29 is 29.8 Å². The number of rotatable bonds is 5. The zero-order chi connectivity index (χ0) is 20.3. The second-order valence-electron chi connectivity index (χ2n) is 8.13. The normalized spacial score (nSPS) is 11.3. The third kappa shape index (κ3) is 6.07. The van der Waals surface area contributed by atoms with Gasteiger partial charge in [-0.1, -0.05) is 63.2 Å². The molecule has 0 N–H and O–H groups in total. The Bertz CT molecular complexity index is 957. The molecule has 0 amide bonds. The van der Waals surface area contributed by atoms with Crippen LogP contribution in [0.5, 0.6) is 11.5 Å². The van der Waals surface area contributed by atoms with Crippen molar-refractivity contribution in [3.05, 3.63) is 89.0 Å². The summed E-state index contributed by atoms with van der Waals surface area (Å²) in [5, 5.41) is 1.02. The van der Waals surface area contributed by atoms with Gasteiger partial charge in [-0.3, -0.25) is 4.79 Å². The summed E-state index contributed by atoms with van der Waals surface area (Å²) in [6.07, 6.45) is 0. The average molecular weight is 398 g/mol. The average Bonchev–Trinajstić information content (AvgIpc) is 2.63. The Labute approximate surface area is 189 Å². The number of carbonyl (C=O) groups is 1. The summed E-state index contributed by atoms with van der Waals surface area (Å²) in [6, 6.07) is 21.8. The van der Waals surface area contributed by atoms with E-state index in [-0.39, 0.29) is 39.8 Å². The molecule has 4 heteroatoms. The first-order valence-electron chi connectivity index (χ1n) is 9.50. The van der Waals surface area contributed by atoms with Gasteiger partial charge in [0.2, 0.25) is 0 Å². The van der Waals surface area contributed by atoms with Gasteiger partial charge in [0, 0.05) is 5.56 Å². The molecular formula is C25H28LiO2P. The Morgan fingerprint density at radius 1 is 0.862 bits per heavy atom. The third-order valence-corrected chi connectivity index (χ3v) is 5.82. The molecule has 146 valence electrons. The molecule has 1 unspecified atom stereocenters. The van der Waals surface area contributed by atoms with Crippen LogP contribution >= 0.6 is 8.58 Å². The first-order chi connectivity index (χ1) is 13.2. The summed E-state index contributed by atoms with van der Waals surface area (Å²) in [7, 11) is 0.102. The molecule has 0 saturated heterocycles. The number of hydrogen-bond acceptors (Lipinski definition) is 2. The number of aryl methyl sites for hydroxylation is 2. The van der Waals surface area contributed by atoms with Crippen LogP contribution in [0.1, 0.15) is 49.2 Å². The summed E-state index contributed by atoms with van der Waals surface area (Å²) in [4.78, 5) is 13.0. The Morgan fingerprint density at radius 3 is 1.90 bits per heavy atom. The molecule has 0 aliphatic carbocycles. The van der Waals surface area contributed by atoms with Gasteiger partial charge in [0.1, 0.15) is 11.5 Å². The van der Waals surface area contributed by atoms with Gasteiger partial charge in [-0.15, -0.1) is 0 Å². The van der Waals surface area contributed by atoms with Gasteiger partial charge in [-0.2, -0.15) is 0 Å². The minimum absolute atomic E-state index is 0. The Kier molecular flexibility index (Phi) is 7.90. The van der Waals surface area contributed by atoms with E-state index in [4.69, 9.17) is 4.74 Å². The van der Waals surface area contributed by atoms with Gasteiger partial charge in [-0.25, -0.2) is 0 Å². The van der Waals surface area contributed by atoms with Crippen LogP contribution in [0, 0.1) is 13.8 Å². The van der Waals surface area contributed by atoms with Crippen molar-refractivity contribution >= 4 is 19.4 Å². The van der Waals surface area contributed by atoms with Crippen LogP contribution in [0.25, 0.3) is 0 Å². The largest absolute Gasteiger partial charge is 1.00 e. The van der Waals surface area contributed by atoms with Gasteiger partial charge in [0.15, 0.2) is 5.52 Å². The quantitative estimate of drug-likeness (QED) is 0.484. The number of carbonyl (C=O) groups excluding carboxylic acids is 1. The maximum atomic E-state index is 13.0. The summed E-state index contributed by atoms with van der Waals surface area (Å²) in [5.74, 6) is 1.58. The topological polar surface area (TPSA) is 26.3 Å². The molecule has 2 nitrogen and oxygen atoms in total. The van der Waals surface area contributed by atoms with Gasteiger partial charge >= 0.3 is 18.9 Å². The summed E-state index contributed by atoms with van der Waals surface area (Å²) in [5.41, 5.74) is 4.51. The van der Waals surface area contributed by atoms with E-state index in [0.29, 0.717) is 0 Å². The van der Waals surface area contributed by atoms with Gasteiger partial charge in [-0.05, 0) is 74.1 Å². The monoisotopic (exact) mass is 398 g/mol. The van der Waals surface area contributed by atoms with Crippen molar-refractivity contribution in [2.75, 3.05) is 0 Å². The number of benzene rings is 3. The van der Waals surface area contributed by atoms with E-state index in [1.807, 2.05) is 68.4 Å². The molecule has 0 heterocycles. The molecule has 29 heavy (non-hydrogen) atoms. The van der Waals surface area contributed by atoms with Gasteiger partial charge in [0.25, 0.3) is 0 Å². The Balaban J connectivity index is 0.00000225. The first kappa shape index (κ1) is 23.4. The predicted molar refractivity (Wildman–Crippen MR) is 121 cm³/mol. The van der Waals surface area contributed by atoms with E-state index in [2.05, 4.69) is 32.9 Å². The Morgan fingerprint density at radius 2 is 1.38 bits per heavy atom. The number of ether oxygens (including phenoxy) is 1. The molecule has 3 aromatic carbocycles. The van der Waals surface area contributed by atoms with E-state index in [9.17, 15) is 4.79 Å². The van der Waals surface area contributed by atoms with Crippen molar-refractivity contribution in [1.82, 2.24) is 0 Å². The second kappa shape index (κ2) is 9.77. The van der Waals surface area contributed by atoms with Crippen molar-refractivity contribution in [3.63, 3.8) is 0 Å².